The van der Waals surface area contributed by atoms with Crippen LogP contribution in [0.25, 0.3) is 0 Å². The van der Waals surface area contributed by atoms with Gasteiger partial charge < -0.3 is 20.3 Å². The summed E-state index contributed by atoms with van der Waals surface area (Å²) in [5.41, 5.74) is -0.398. The van der Waals surface area contributed by atoms with Crippen LogP contribution in [-0.2, 0) is 9.59 Å². The van der Waals surface area contributed by atoms with Gasteiger partial charge in [-0.3, -0.25) is 14.4 Å². The highest BCUT2D eigenvalue weighted by atomic mass is 16.5. The summed E-state index contributed by atoms with van der Waals surface area (Å²) in [6.07, 6.45) is 3.08. The Labute approximate surface area is 152 Å². The van der Waals surface area contributed by atoms with Crippen LogP contribution in [0.5, 0.6) is 5.75 Å². The van der Waals surface area contributed by atoms with E-state index in [4.69, 9.17) is 4.74 Å². The highest BCUT2D eigenvalue weighted by Gasteiger charge is 2.44. The van der Waals surface area contributed by atoms with E-state index in [0.29, 0.717) is 30.7 Å². The first-order chi connectivity index (χ1) is 12.5. The number of nitrogens with zero attached hydrogens (tertiary/aromatic N) is 1. The minimum Gasteiger partial charge on any atom is -0.467 e. The molecule has 2 heterocycles. The summed E-state index contributed by atoms with van der Waals surface area (Å²) in [5, 5.41) is 5.89. The molecule has 2 N–H and O–H groups in total. The fourth-order valence-electron chi connectivity index (χ4n) is 3.58. The smallest absolute Gasteiger partial charge is 0.258 e. The summed E-state index contributed by atoms with van der Waals surface area (Å²) in [6, 6.07) is 6.84. The molecule has 3 aliphatic rings. The molecule has 2 aliphatic heterocycles. The molecule has 1 aromatic rings. The topological polar surface area (TPSA) is 87.7 Å². The first-order valence-corrected chi connectivity index (χ1v) is 9.18. The number of rotatable bonds is 3. The molecule has 0 radical (unpaired) electrons. The molecule has 138 valence electrons. The van der Waals surface area contributed by atoms with Gasteiger partial charge >= 0.3 is 0 Å². The molecule has 3 amide bonds. The van der Waals surface area contributed by atoms with Gasteiger partial charge in [-0.15, -0.1) is 0 Å². The van der Waals surface area contributed by atoms with Crippen LogP contribution in [0.4, 0.5) is 0 Å². The second kappa shape index (κ2) is 6.30. The van der Waals surface area contributed by atoms with E-state index in [2.05, 4.69) is 10.6 Å². The standard InChI is InChI=1S/C19H23N3O4/c1-12(17(24)20-13-6-7-13)22-11-10-19(9-8-16(22)23)21-18(25)14-4-2-3-5-15(14)26-19/h2-5,12-13H,6-11H2,1H3,(H,20,24)(H,21,25)/t12-,19-/m0/s1. The van der Waals surface area contributed by atoms with E-state index in [1.807, 2.05) is 6.07 Å². The number of benzene rings is 1. The van der Waals surface area contributed by atoms with Crippen LogP contribution >= 0.6 is 0 Å². The molecule has 1 aliphatic carbocycles. The summed E-state index contributed by atoms with van der Waals surface area (Å²) in [7, 11) is 0. The van der Waals surface area contributed by atoms with Gasteiger partial charge in [0.1, 0.15) is 11.8 Å². The van der Waals surface area contributed by atoms with E-state index in [9.17, 15) is 14.4 Å². The summed E-state index contributed by atoms with van der Waals surface area (Å²) in [4.78, 5) is 39.0. The average molecular weight is 357 g/mol. The molecule has 1 saturated carbocycles. The fraction of sp³-hybridized carbons (Fsp3) is 0.526. The molecular weight excluding hydrogens is 334 g/mol. The molecule has 2 fully saturated rings. The number of para-hydroxylation sites is 1. The molecule has 0 aromatic heterocycles. The number of hydrogen-bond acceptors (Lipinski definition) is 4. The summed E-state index contributed by atoms with van der Waals surface area (Å²) < 4.78 is 6.11. The van der Waals surface area contributed by atoms with Gasteiger partial charge in [-0.1, -0.05) is 12.1 Å². The van der Waals surface area contributed by atoms with Crippen molar-refractivity contribution in [2.75, 3.05) is 6.54 Å². The van der Waals surface area contributed by atoms with Crippen molar-refractivity contribution >= 4 is 17.7 Å². The van der Waals surface area contributed by atoms with Gasteiger partial charge in [-0.2, -0.15) is 0 Å². The maximum atomic E-state index is 12.6. The van der Waals surface area contributed by atoms with Gasteiger partial charge in [0.25, 0.3) is 5.91 Å². The lowest BCUT2D eigenvalue weighted by Gasteiger charge is -2.38. The number of likely N-dealkylation sites (tertiary alicyclic amines) is 1. The van der Waals surface area contributed by atoms with E-state index < -0.39 is 11.8 Å². The second-order valence-corrected chi connectivity index (χ2v) is 7.34. The number of hydrogen-bond donors (Lipinski definition) is 2. The Morgan fingerprint density at radius 3 is 2.85 bits per heavy atom. The molecule has 1 spiro atoms. The van der Waals surface area contributed by atoms with Gasteiger partial charge in [-0.25, -0.2) is 0 Å². The van der Waals surface area contributed by atoms with E-state index in [1.54, 1.807) is 30.0 Å². The van der Waals surface area contributed by atoms with Crippen molar-refractivity contribution in [3.8, 4) is 5.75 Å². The summed E-state index contributed by atoms with van der Waals surface area (Å²) >= 11 is 0. The third-order valence-corrected chi connectivity index (χ3v) is 5.37. The van der Waals surface area contributed by atoms with Crippen molar-refractivity contribution in [1.82, 2.24) is 15.5 Å². The monoisotopic (exact) mass is 357 g/mol. The minimum absolute atomic E-state index is 0.0861. The Balaban J connectivity index is 1.49. The number of carbonyl (C=O) groups is 3. The minimum atomic E-state index is -0.900. The maximum Gasteiger partial charge on any atom is 0.258 e. The van der Waals surface area contributed by atoms with Crippen molar-refractivity contribution in [1.29, 1.82) is 0 Å². The van der Waals surface area contributed by atoms with Crippen molar-refractivity contribution in [3.63, 3.8) is 0 Å². The van der Waals surface area contributed by atoms with E-state index in [1.165, 1.54) is 0 Å². The van der Waals surface area contributed by atoms with E-state index in [0.717, 1.165) is 12.8 Å². The Kier molecular flexibility index (Phi) is 4.09. The normalized spacial score (nSPS) is 26.4. The molecule has 1 aromatic carbocycles. The third-order valence-electron chi connectivity index (χ3n) is 5.37. The van der Waals surface area contributed by atoms with Crippen LogP contribution in [0.2, 0.25) is 0 Å². The lowest BCUT2D eigenvalue weighted by Crippen LogP contribution is -2.56. The molecule has 26 heavy (non-hydrogen) atoms. The number of carbonyl (C=O) groups excluding carboxylic acids is 3. The van der Waals surface area contributed by atoms with Crippen molar-refractivity contribution in [2.45, 2.75) is 56.8 Å². The van der Waals surface area contributed by atoms with Crippen LogP contribution in [-0.4, -0.2) is 47.0 Å². The quantitative estimate of drug-likeness (QED) is 0.850. The average Bonchev–Trinajstić information content (AvgIpc) is 3.44. The second-order valence-electron chi connectivity index (χ2n) is 7.34. The number of fused-ring (bicyclic) bond motifs is 1. The van der Waals surface area contributed by atoms with Gasteiger partial charge in [0.15, 0.2) is 5.72 Å². The highest BCUT2D eigenvalue weighted by Crippen LogP contribution is 2.34. The van der Waals surface area contributed by atoms with Gasteiger partial charge in [0, 0.05) is 31.8 Å². The van der Waals surface area contributed by atoms with Crippen molar-refractivity contribution in [3.05, 3.63) is 29.8 Å². The SMILES string of the molecule is C[C@@H](C(=O)NC1CC1)N1CC[C@@]2(CCC1=O)NC(=O)c1ccccc1O2. The summed E-state index contributed by atoms with van der Waals surface area (Å²) in [6.45, 7) is 2.11. The van der Waals surface area contributed by atoms with Crippen LogP contribution < -0.4 is 15.4 Å². The number of amides is 3. The molecule has 7 heteroatoms. The van der Waals surface area contributed by atoms with Gasteiger partial charge in [0.2, 0.25) is 11.8 Å². The zero-order valence-electron chi connectivity index (χ0n) is 14.8. The third kappa shape index (κ3) is 3.13. The molecule has 0 unspecified atom stereocenters. The Morgan fingerprint density at radius 2 is 2.08 bits per heavy atom. The lowest BCUT2D eigenvalue weighted by molar-refractivity contribution is -0.139. The largest absolute Gasteiger partial charge is 0.467 e. The zero-order valence-corrected chi connectivity index (χ0v) is 14.8. The van der Waals surface area contributed by atoms with Crippen LogP contribution in [0.3, 0.4) is 0 Å². The molecule has 7 nitrogen and oxygen atoms in total. The Hall–Kier alpha value is -2.57. The number of nitrogens with one attached hydrogen (secondary N) is 2. The van der Waals surface area contributed by atoms with Crippen LogP contribution in [0, 0.1) is 0 Å². The lowest BCUT2D eigenvalue weighted by atomic mass is 10.0. The predicted octanol–water partition coefficient (Wildman–Crippen LogP) is 1.18. The zero-order chi connectivity index (χ0) is 18.3. The molecule has 0 bridgehead atoms. The van der Waals surface area contributed by atoms with Crippen LogP contribution in [0.15, 0.2) is 24.3 Å². The Morgan fingerprint density at radius 1 is 1.31 bits per heavy atom. The highest BCUT2D eigenvalue weighted by molar-refractivity contribution is 5.98. The first-order valence-electron chi connectivity index (χ1n) is 9.18. The molecule has 4 rings (SSSR count). The van der Waals surface area contributed by atoms with Crippen molar-refractivity contribution in [2.24, 2.45) is 0 Å². The number of ether oxygens (including phenoxy) is 1. The van der Waals surface area contributed by atoms with Gasteiger partial charge in [-0.05, 0) is 31.9 Å². The van der Waals surface area contributed by atoms with Gasteiger partial charge in [0.05, 0.1) is 5.56 Å². The maximum absolute atomic E-state index is 12.6. The van der Waals surface area contributed by atoms with Crippen LogP contribution in [0.1, 0.15) is 49.4 Å². The first kappa shape index (κ1) is 16.9. The van der Waals surface area contributed by atoms with E-state index >= 15 is 0 Å². The molecule has 1 saturated heterocycles. The Bertz CT molecular complexity index is 761. The predicted molar refractivity (Wildman–Crippen MR) is 93.5 cm³/mol. The molecular formula is C19H23N3O4. The van der Waals surface area contributed by atoms with Crippen molar-refractivity contribution < 1.29 is 19.1 Å². The molecule has 2 atom stereocenters. The fourth-order valence-corrected chi connectivity index (χ4v) is 3.58. The summed E-state index contributed by atoms with van der Waals surface area (Å²) in [5.74, 6) is 0.150. The van der Waals surface area contributed by atoms with E-state index in [-0.39, 0.29) is 30.2 Å².